The minimum absolute atomic E-state index is 0.00167. The van der Waals surface area contributed by atoms with Crippen LogP contribution in [0.3, 0.4) is 0 Å². The van der Waals surface area contributed by atoms with Crippen molar-refractivity contribution in [3.05, 3.63) is 83.9 Å². The van der Waals surface area contributed by atoms with E-state index in [0.717, 1.165) is 28.6 Å². The minimum Gasteiger partial charge on any atom is -0.363 e. The van der Waals surface area contributed by atoms with Crippen LogP contribution in [0.2, 0.25) is 0 Å². The second kappa shape index (κ2) is 6.69. The molecule has 5 heteroatoms. The third kappa shape index (κ3) is 2.91. The van der Waals surface area contributed by atoms with Crippen molar-refractivity contribution in [3.63, 3.8) is 0 Å². The first-order chi connectivity index (χ1) is 12.3. The fourth-order valence-corrected chi connectivity index (χ4v) is 3.72. The first-order valence-electron chi connectivity index (χ1n) is 8.51. The Morgan fingerprint density at radius 3 is 2.56 bits per heavy atom. The van der Waals surface area contributed by atoms with Gasteiger partial charge in [-0.15, -0.1) is 0 Å². The molecule has 1 aliphatic heterocycles. The molecule has 4 rings (SSSR count). The Labute approximate surface area is 152 Å². The number of benzene rings is 1. The molecule has 0 radical (unpaired) electrons. The van der Waals surface area contributed by atoms with Gasteiger partial charge in [-0.3, -0.25) is 4.98 Å². The number of hydrogen-bond donors (Lipinski definition) is 2. The number of anilines is 1. The highest BCUT2D eigenvalue weighted by Gasteiger charge is 2.41. The van der Waals surface area contributed by atoms with Gasteiger partial charge in [0.1, 0.15) is 6.04 Å². The van der Waals surface area contributed by atoms with Gasteiger partial charge in [0.25, 0.3) is 0 Å². The van der Waals surface area contributed by atoms with E-state index in [1.807, 2.05) is 36.7 Å². The van der Waals surface area contributed by atoms with Crippen LogP contribution >= 0.6 is 12.2 Å². The highest BCUT2D eigenvalue weighted by molar-refractivity contribution is 7.80. The van der Waals surface area contributed by atoms with Crippen LogP contribution in [0.5, 0.6) is 0 Å². The molecule has 0 unspecified atom stereocenters. The monoisotopic (exact) mass is 348 g/mol. The van der Waals surface area contributed by atoms with Gasteiger partial charge in [0.15, 0.2) is 5.11 Å². The highest BCUT2D eigenvalue weighted by Crippen LogP contribution is 2.40. The average Bonchev–Trinajstić information content (AvgIpc) is 3.30. The third-order valence-electron chi connectivity index (χ3n) is 4.66. The van der Waals surface area contributed by atoms with Gasteiger partial charge in [-0.1, -0.05) is 25.1 Å². The number of H-pyrrole nitrogens is 1. The molecule has 126 valence electrons. The smallest absolute Gasteiger partial charge is 0.174 e. The molecule has 1 aromatic carbocycles. The quantitative estimate of drug-likeness (QED) is 0.695. The largest absolute Gasteiger partial charge is 0.363 e. The van der Waals surface area contributed by atoms with Crippen LogP contribution in [0.25, 0.3) is 0 Å². The number of aromatic nitrogens is 2. The lowest BCUT2D eigenvalue weighted by Crippen LogP contribution is -2.29. The van der Waals surface area contributed by atoms with Gasteiger partial charge in [-0.25, -0.2) is 0 Å². The van der Waals surface area contributed by atoms with Crippen LogP contribution in [0, 0.1) is 0 Å². The highest BCUT2D eigenvalue weighted by atomic mass is 32.1. The maximum atomic E-state index is 5.68. The number of nitrogens with zero attached hydrogens (tertiary/aromatic N) is 2. The summed E-state index contributed by atoms with van der Waals surface area (Å²) in [5.41, 5.74) is 4.51. The van der Waals surface area contributed by atoms with Gasteiger partial charge in [0.2, 0.25) is 0 Å². The molecule has 1 saturated heterocycles. The Bertz CT molecular complexity index is 843. The summed E-state index contributed by atoms with van der Waals surface area (Å²) in [6.07, 6.45) is 4.80. The number of rotatable bonds is 4. The molecule has 0 aliphatic carbocycles. The van der Waals surface area contributed by atoms with Crippen molar-refractivity contribution in [1.29, 1.82) is 0 Å². The van der Waals surface area contributed by atoms with E-state index in [4.69, 9.17) is 12.2 Å². The van der Waals surface area contributed by atoms with Crippen molar-refractivity contribution in [3.8, 4) is 0 Å². The van der Waals surface area contributed by atoms with Gasteiger partial charge < -0.3 is 15.2 Å². The summed E-state index contributed by atoms with van der Waals surface area (Å²) in [4.78, 5) is 10.1. The van der Waals surface area contributed by atoms with Crippen molar-refractivity contribution in [1.82, 2.24) is 15.3 Å². The van der Waals surface area contributed by atoms with Crippen molar-refractivity contribution < 1.29 is 0 Å². The molecule has 3 heterocycles. The second-order valence-corrected chi connectivity index (χ2v) is 6.53. The van der Waals surface area contributed by atoms with Crippen molar-refractivity contribution in [2.75, 3.05) is 4.90 Å². The lowest BCUT2D eigenvalue weighted by molar-refractivity contribution is 0.558. The van der Waals surface area contributed by atoms with E-state index in [9.17, 15) is 0 Å². The van der Waals surface area contributed by atoms with Crippen LogP contribution in [0.15, 0.2) is 67.0 Å². The van der Waals surface area contributed by atoms with Gasteiger partial charge in [-0.05, 0) is 60.6 Å². The summed E-state index contributed by atoms with van der Waals surface area (Å²) in [6.45, 7) is 2.16. The van der Waals surface area contributed by atoms with E-state index in [1.165, 1.54) is 5.56 Å². The fraction of sp³-hybridized carbons (Fsp3) is 0.200. The average molecular weight is 348 g/mol. The van der Waals surface area contributed by atoms with Gasteiger partial charge in [-0.2, -0.15) is 0 Å². The minimum atomic E-state index is -0.00167. The number of thiocarbonyl (C=S) groups is 1. The first kappa shape index (κ1) is 15.8. The van der Waals surface area contributed by atoms with E-state index in [-0.39, 0.29) is 12.1 Å². The number of nitrogens with one attached hydrogen (secondary N) is 2. The van der Waals surface area contributed by atoms with E-state index in [2.05, 4.69) is 57.4 Å². The van der Waals surface area contributed by atoms with Gasteiger partial charge in [0, 0.05) is 23.8 Å². The Morgan fingerprint density at radius 1 is 1.08 bits per heavy atom. The standard InChI is InChI=1S/C20H20N4S/c1-2-14-8-10-15(11-9-14)24-19(17-7-5-13-22-17)18(23-20(24)25)16-6-3-4-12-21-16/h3-13,18-19,22H,2H2,1H3,(H,23,25)/t18-,19-/m1/s1. The summed E-state index contributed by atoms with van der Waals surface area (Å²) in [5, 5.41) is 4.18. The Morgan fingerprint density at radius 2 is 1.92 bits per heavy atom. The molecule has 1 aliphatic rings. The molecule has 3 aromatic rings. The van der Waals surface area contributed by atoms with Crippen LogP contribution in [-0.2, 0) is 6.42 Å². The predicted molar refractivity (Wildman–Crippen MR) is 105 cm³/mol. The van der Waals surface area contributed by atoms with E-state index in [0.29, 0.717) is 0 Å². The summed E-state index contributed by atoms with van der Waals surface area (Å²) in [6, 6.07) is 18.7. The topological polar surface area (TPSA) is 44.0 Å². The molecular weight excluding hydrogens is 328 g/mol. The molecule has 0 spiro atoms. The van der Waals surface area contributed by atoms with Crippen LogP contribution < -0.4 is 10.2 Å². The molecule has 0 amide bonds. The maximum absolute atomic E-state index is 5.68. The number of hydrogen-bond acceptors (Lipinski definition) is 2. The predicted octanol–water partition coefficient (Wildman–Crippen LogP) is 4.15. The second-order valence-electron chi connectivity index (χ2n) is 6.14. The molecule has 4 nitrogen and oxygen atoms in total. The molecule has 2 N–H and O–H groups in total. The zero-order valence-electron chi connectivity index (χ0n) is 14.0. The van der Waals surface area contributed by atoms with Gasteiger partial charge >= 0.3 is 0 Å². The summed E-state index contributed by atoms with van der Waals surface area (Å²) < 4.78 is 0. The molecule has 0 bridgehead atoms. The zero-order valence-corrected chi connectivity index (χ0v) is 14.8. The molecule has 2 aromatic heterocycles. The number of aromatic amines is 1. The van der Waals surface area contributed by atoms with E-state index >= 15 is 0 Å². The number of pyridine rings is 1. The molecular formula is C20H20N4S. The fourth-order valence-electron chi connectivity index (χ4n) is 3.37. The maximum Gasteiger partial charge on any atom is 0.174 e. The van der Waals surface area contributed by atoms with Crippen LogP contribution in [-0.4, -0.2) is 15.1 Å². The first-order valence-corrected chi connectivity index (χ1v) is 8.91. The molecule has 0 saturated carbocycles. The van der Waals surface area contributed by atoms with Crippen molar-refractivity contribution in [2.45, 2.75) is 25.4 Å². The third-order valence-corrected chi connectivity index (χ3v) is 4.98. The van der Waals surface area contributed by atoms with Crippen molar-refractivity contribution >= 4 is 23.0 Å². The number of aryl methyl sites for hydroxylation is 1. The summed E-state index contributed by atoms with van der Waals surface area (Å²) >= 11 is 5.68. The zero-order chi connectivity index (χ0) is 17.2. The van der Waals surface area contributed by atoms with Crippen molar-refractivity contribution in [2.24, 2.45) is 0 Å². The van der Waals surface area contributed by atoms with E-state index < -0.39 is 0 Å². The SMILES string of the molecule is CCc1ccc(N2C(=S)N[C@H](c3ccccn3)[C@H]2c2ccc[nH]2)cc1. The Hall–Kier alpha value is -2.66. The summed E-state index contributed by atoms with van der Waals surface area (Å²) in [5.74, 6) is 0. The molecule has 2 atom stereocenters. The van der Waals surface area contributed by atoms with Gasteiger partial charge in [0.05, 0.1) is 11.7 Å². The van der Waals surface area contributed by atoms with Crippen LogP contribution in [0.1, 0.15) is 36.0 Å². The Kier molecular flexibility index (Phi) is 4.24. The lowest BCUT2D eigenvalue weighted by Gasteiger charge is -2.27. The normalized spacial score (nSPS) is 19.9. The van der Waals surface area contributed by atoms with Crippen LogP contribution in [0.4, 0.5) is 5.69 Å². The summed E-state index contributed by atoms with van der Waals surface area (Å²) in [7, 11) is 0. The lowest BCUT2D eigenvalue weighted by atomic mass is 10.0. The Balaban J connectivity index is 1.77. The molecule has 25 heavy (non-hydrogen) atoms. The van der Waals surface area contributed by atoms with E-state index in [1.54, 1.807) is 0 Å². The molecule has 1 fully saturated rings.